The fraction of sp³-hybridized carbons (Fsp3) is 0.562. The van der Waals surface area contributed by atoms with Gasteiger partial charge in [-0.25, -0.2) is 13.6 Å². The van der Waals surface area contributed by atoms with Gasteiger partial charge >= 0.3 is 6.03 Å². The Morgan fingerprint density at radius 2 is 1.73 bits per heavy atom. The molecule has 2 fully saturated rings. The smallest absolute Gasteiger partial charge is 0.315 e. The van der Waals surface area contributed by atoms with Crippen LogP contribution in [-0.4, -0.2) is 29.3 Å². The zero-order valence-corrected chi connectivity index (χ0v) is 12.2. The molecule has 2 atom stereocenters. The molecule has 0 spiro atoms. The summed E-state index contributed by atoms with van der Waals surface area (Å²) in [6.45, 7) is 0. The molecule has 2 saturated carbocycles. The highest BCUT2D eigenvalue weighted by molar-refractivity contribution is 5.75. The summed E-state index contributed by atoms with van der Waals surface area (Å²) < 4.78 is 27.3. The van der Waals surface area contributed by atoms with Crippen molar-refractivity contribution >= 4 is 6.03 Å². The molecule has 3 N–H and O–H groups in total. The zero-order chi connectivity index (χ0) is 15.7. The van der Waals surface area contributed by atoms with Gasteiger partial charge in [0.25, 0.3) is 0 Å². The Labute approximate surface area is 127 Å². The van der Waals surface area contributed by atoms with Gasteiger partial charge in [-0.2, -0.15) is 0 Å². The van der Waals surface area contributed by atoms with Gasteiger partial charge in [-0.1, -0.05) is 6.07 Å². The topological polar surface area (TPSA) is 61.4 Å². The molecule has 6 heteroatoms. The number of urea groups is 1. The molecule has 2 aliphatic rings. The van der Waals surface area contributed by atoms with E-state index in [9.17, 15) is 18.7 Å². The molecule has 0 radical (unpaired) electrons. The Morgan fingerprint density at radius 1 is 1.09 bits per heavy atom. The number of hydrogen-bond donors (Lipinski definition) is 3. The second-order valence-corrected chi connectivity index (χ2v) is 6.21. The lowest BCUT2D eigenvalue weighted by Crippen LogP contribution is -2.45. The van der Waals surface area contributed by atoms with E-state index in [2.05, 4.69) is 10.6 Å². The summed E-state index contributed by atoms with van der Waals surface area (Å²) in [6.07, 6.45) is 3.18. The molecule has 2 amide bonds. The predicted octanol–water partition coefficient (Wildman–Crippen LogP) is 2.42. The first-order valence-corrected chi connectivity index (χ1v) is 7.73. The molecule has 3 rings (SSSR count). The highest BCUT2D eigenvalue weighted by Gasteiger charge is 2.43. The van der Waals surface area contributed by atoms with Crippen molar-refractivity contribution in [3.8, 4) is 0 Å². The predicted molar refractivity (Wildman–Crippen MR) is 77.4 cm³/mol. The van der Waals surface area contributed by atoms with Crippen LogP contribution in [0.15, 0.2) is 18.2 Å². The van der Waals surface area contributed by atoms with Crippen LogP contribution in [0.25, 0.3) is 0 Å². The number of amides is 2. The number of carbonyl (C=O) groups excluding carboxylic acids is 1. The number of carbonyl (C=O) groups is 1. The molecule has 1 aromatic rings. The molecule has 1 aromatic carbocycles. The van der Waals surface area contributed by atoms with Crippen LogP contribution in [0.3, 0.4) is 0 Å². The minimum absolute atomic E-state index is 0.0609. The first kappa shape index (κ1) is 15.2. The van der Waals surface area contributed by atoms with E-state index >= 15 is 0 Å². The summed E-state index contributed by atoms with van der Waals surface area (Å²) in [5.74, 6) is -1.41. The highest BCUT2D eigenvalue weighted by atomic mass is 19.1. The lowest BCUT2D eigenvalue weighted by atomic mass is 9.93. The van der Waals surface area contributed by atoms with Crippen molar-refractivity contribution in [2.75, 3.05) is 0 Å². The van der Waals surface area contributed by atoms with Crippen molar-refractivity contribution in [2.45, 2.75) is 56.2 Å². The van der Waals surface area contributed by atoms with Crippen LogP contribution in [0.1, 0.15) is 43.6 Å². The SMILES string of the molecule is O=C(NC1CCC(O)CC1)NC1CC1c1c(F)cccc1F. The molecule has 0 aliphatic heterocycles. The third-order valence-corrected chi connectivity index (χ3v) is 4.51. The Hall–Kier alpha value is -1.69. The van der Waals surface area contributed by atoms with Crippen molar-refractivity contribution < 1.29 is 18.7 Å². The number of aliphatic hydroxyl groups is 1. The fourth-order valence-electron chi connectivity index (χ4n) is 3.15. The number of rotatable bonds is 3. The number of nitrogens with one attached hydrogen (secondary N) is 2. The summed E-state index contributed by atoms with van der Waals surface area (Å²) in [5.41, 5.74) is 0.0635. The number of halogens is 2. The van der Waals surface area contributed by atoms with E-state index in [-0.39, 0.29) is 35.7 Å². The van der Waals surface area contributed by atoms with Gasteiger partial charge in [-0.3, -0.25) is 0 Å². The van der Waals surface area contributed by atoms with Gasteiger partial charge in [-0.05, 0) is 44.2 Å². The molecule has 4 nitrogen and oxygen atoms in total. The van der Waals surface area contributed by atoms with Crippen molar-refractivity contribution in [3.63, 3.8) is 0 Å². The molecule has 0 heterocycles. The van der Waals surface area contributed by atoms with Crippen molar-refractivity contribution in [2.24, 2.45) is 0 Å². The van der Waals surface area contributed by atoms with E-state index in [4.69, 9.17) is 0 Å². The maximum atomic E-state index is 13.7. The van der Waals surface area contributed by atoms with Crippen LogP contribution in [0.4, 0.5) is 13.6 Å². The molecule has 22 heavy (non-hydrogen) atoms. The molecule has 0 saturated heterocycles. The van der Waals surface area contributed by atoms with Gasteiger partial charge in [-0.15, -0.1) is 0 Å². The van der Waals surface area contributed by atoms with Crippen molar-refractivity contribution in [1.82, 2.24) is 10.6 Å². The van der Waals surface area contributed by atoms with Gasteiger partial charge in [0.15, 0.2) is 0 Å². The van der Waals surface area contributed by atoms with Crippen molar-refractivity contribution in [1.29, 1.82) is 0 Å². The monoisotopic (exact) mass is 310 g/mol. The van der Waals surface area contributed by atoms with Gasteiger partial charge in [0.1, 0.15) is 11.6 Å². The van der Waals surface area contributed by atoms with Crippen LogP contribution in [0.5, 0.6) is 0 Å². The Bertz CT molecular complexity index is 539. The summed E-state index contributed by atoms with van der Waals surface area (Å²) in [6, 6.07) is 3.35. The second-order valence-electron chi connectivity index (χ2n) is 6.21. The average Bonchev–Trinajstić information content (AvgIpc) is 3.20. The van der Waals surface area contributed by atoms with E-state index in [0.717, 1.165) is 12.8 Å². The standard InChI is InChI=1S/C16H20F2N2O2/c17-12-2-1-3-13(18)15(12)11-8-14(11)20-16(22)19-9-4-6-10(21)7-5-9/h1-3,9-11,14,21H,4-8H2,(H2,19,20,22). The third kappa shape index (κ3) is 3.38. The van der Waals surface area contributed by atoms with E-state index in [0.29, 0.717) is 19.3 Å². The Kier molecular flexibility index (Phi) is 4.29. The van der Waals surface area contributed by atoms with E-state index in [1.54, 1.807) is 0 Å². The lowest BCUT2D eigenvalue weighted by Gasteiger charge is -2.26. The van der Waals surface area contributed by atoms with Gasteiger partial charge < -0.3 is 15.7 Å². The van der Waals surface area contributed by atoms with Gasteiger partial charge in [0.05, 0.1) is 6.10 Å². The third-order valence-electron chi connectivity index (χ3n) is 4.51. The molecule has 120 valence electrons. The maximum Gasteiger partial charge on any atom is 0.315 e. The van der Waals surface area contributed by atoms with E-state index in [1.807, 2.05) is 0 Å². The molecule has 2 aliphatic carbocycles. The minimum Gasteiger partial charge on any atom is -0.393 e. The largest absolute Gasteiger partial charge is 0.393 e. The minimum atomic E-state index is -0.559. The Morgan fingerprint density at radius 3 is 2.36 bits per heavy atom. The highest BCUT2D eigenvalue weighted by Crippen LogP contribution is 2.43. The van der Waals surface area contributed by atoms with Crippen LogP contribution in [-0.2, 0) is 0 Å². The van der Waals surface area contributed by atoms with Crippen LogP contribution in [0.2, 0.25) is 0 Å². The van der Waals surface area contributed by atoms with Crippen LogP contribution >= 0.6 is 0 Å². The summed E-state index contributed by atoms with van der Waals surface area (Å²) in [4.78, 5) is 11.9. The van der Waals surface area contributed by atoms with Crippen LogP contribution < -0.4 is 10.6 Å². The lowest BCUT2D eigenvalue weighted by molar-refractivity contribution is 0.117. The summed E-state index contributed by atoms with van der Waals surface area (Å²) >= 11 is 0. The second kappa shape index (κ2) is 6.20. The molecular formula is C16H20F2N2O2. The normalized spacial score (nSPS) is 30.7. The zero-order valence-electron chi connectivity index (χ0n) is 12.2. The number of benzene rings is 1. The quantitative estimate of drug-likeness (QED) is 0.803. The number of aliphatic hydroxyl groups excluding tert-OH is 1. The molecule has 0 bridgehead atoms. The van der Waals surface area contributed by atoms with E-state index < -0.39 is 11.6 Å². The first-order chi connectivity index (χ1) is 10.5. The first-order valence-electron chi connectivity index (χ1n) is 7.73. The van der Waals surface area contributed by atoms with Gasteiger partial charge in [0, 0.05) is 23.6 Å². The number of hydrogen-bond acceptors (Lipinski definition) is 2. The molecular weight excluding hydrogens is 290 g/mol. The summed E-state index contributed by atoms with van der Waals surface area (Å²) in [5, 5.41) is 15.1. The van der Waals surface area contributed by atoms with Crippen molar-refractivity contribution in [3.05, 3.63) is 35.4 Å². The Balaban J connectivity index is 1.50. The fourth-order valence-corrected chi connectivity index (χ4v) is 3.15. The maximum absolute atomic E-state index is 13.7. The average molecular weight is 310 g/mol. The van der Waals surface area contributed by atoms with Gasteiger partial charge in [0.2, 0.25) is 0 Å². The molecule has 0 aromatic heterocycles. The summed E-state index contributed by atoms with van der Waals surface area (Å²) in [7, 11) is 0. The molecule has 2 unspecified atom stereocenters. The van der Waals surface area contributed by atoms with Crippen LogP contribution in [0, 0.1) is 11.6 Å². The van der Waals surface area contributed by atoms with E-state index in [1.165, 1.54) is 18.2 Å².